The maximum absolute atomic E-state index is 2.65. The summed E-state index contributed by atoms with van der Waals surface area (Å²) in [6.07, 6.45) is 19.5. The minimum atomic E-state index is -1.81. The Kier molecular flexibility index (Phi) is 10.4. The molecule has 0 atom stereocenters. The predicted molar refractivity (Wildman–Crippen MR) is 138 cm³/mol. The monoisotopic (exact) mass is 414 g/mol. The van der Waals surface area contributed by atoms with Gasteiger partial charge in [-0.15, -0.1) is 0 Å². The Morgan fingerprint density at radius 2 is 0.897 bits per heavy atom. The zero-order valence-electron chi connectivity index (χ0n) is 19.4. The minimum absolute atomic E-state index is 1.28. The molecule has 0 N–H and O–H groups in total. The van der Waals surface area contributed by atoms with Crippen LogP contribution in [0, 0.1) is 0 Å². The van der Waals surface area contributed by atoms with Gasteiger partial charge in [0.25, 0.3) is 0 Å². The third-order valence-electron chi connectivity index (χ3n) is 6.41. The first-order chi connectivity index (χ1) is 14.0. The molecule has 0 saturated heterocycles. The number of thiol groups is 1. The first-order valence-electron chi connectivity index (χ1n) is 12.1. The molecule has 164 valence electrons. The Morgan fingerprint density at radius 3 is 1.31 bits per heavy atom. The van der Waals surface area contributed by atoms with Crippen LogP contribution in [0.4, 0.5) is 0 Å². The smallest absolute Gasteiger partial charge is 0.0103 e. The molecule has 0 nitrogen and oxygen atoms in total. The predicted octanol–water partition coefficient (Wildman–Crippen LogP) is 8.64. The minimum Gasteiger partial charge on any atom is -0.281 e. The first kappa shape index (κ1) is 24.1. The summed E-state index contributed by atoms with van der Waals surface area (Å²) in [6, 6.07) is 22.4. The van der Waals surface area contributed by atoms with Crippen LogP contribution >= 0.6 is 9.16 Å². The summed E-state index contributed by atoms with van der Waals surface area (Å²) in [5.41, 5.74) is 3.05. The molecule has 0 saturated carbocycles. The topological polar surface area (TPSA) is 0 Å². The molecule has 0 unspecified atom stereocenters. The fourth-order valence-electron chi connectivity index (χ4n) is 4.77. The van der Waals surface area contributed by atoms with E-state index in [1.165, 1.54) is 92.6 Å². The molecule has 29 heavy (non-hydrogen) atoms. The molecule has 0 heterocycles. The maximum Gasteiger partial charge on any atom is -0.0103 e. The maximum atomic E-state index is 2.65. The normalized spacial score (nSPS) is 13.1. The lowest BCUT2D eigenvalue weighted by molar-refractivity contribution is 0.562. The first-order valence-corrected chi connectivity index (χ1v) is 15.8. The molecule has 0 amide bonds. The Balaban J connectivity index is 1.84. The third kappa shape index (κ3) is 9.90. The van der Waals surface area contributed by atoms with Crippen molar-refractivity contribution in [2.24, 2.45) is 0 Å². The van der Waals surface area contributed by atoms with Gasteiger partial charge in [0.05, 0.1) is 0 Å². The fourth-order valence-corrected chi connectivity index (χ4v) is 9.41. The average Bonchev–Trinajstić information content (AvgIpc) is 2.70. The zero-order valence-corrected chi connectivity index (χ0v) is 20.3. The highest BCUT2D eigenvalue weighted by Crippen LogP contribution is 2.68. The molecule has 0 aliphatic rings. The SMILES string of the molecule is CCCCCCCCCCCC[SH](C)(C)(Cc1ccccc1)Cc1ccccc1. The van der Waals surface area contributed by atoms with Gasteiger partial charge in [0.1, 0.15) is 0 Å². The lowest BCUT2D eigenvalue weighted by Crippen LogP contribution is -2.24. The van der Waals surface area contributed by atoms with Gasteiger partial charge in [0, 0.05) is 0 Å². The highest BCUT2D eigenvalue weighted by molar-refractivity contribution is 8.47. The quantitative estimate of drug-likeness (QED) is 0.219. The number of benzene rings is 2. The van der Waals surface area contributed by atoms with Crippen LogP contribution in [-0.4, -0.2) is 18.3 Å². The van der Waals surface area contributed by atoms with Crippen molar-refractivity contribution in [3.63, 3.8) is 0 Å². The van der Waals surface area contributed by atoms with E-state index in [-0.39, 0.29) is 0 Å². The van der Waals surface area contributed by atoms with E-state index in [1.54, 1.807) is 0 Å². The molecule has 0 aliphatic carbocycles. The van der Waals surface area contributed by atoms with Crippen molar-refractivity contribution in [3.05, 3.63) is 71.8 Å². The summed E-state index contributed by atoms with van der Waals surface area (Å²) in [7, 11) is -1.81. The Hall–Kier alpha value is -1.21. The highest BCUT2D eigenvalue weighted by atomic mass is 32.3. The molecule has 0 fully saturated rings. The van der Waals surface area contributed by atoms with Crippen LogP contribution in [0.15, 0.2) is 60.7 Å². The van der Waals surface area contributed by atoms with E-state index in [2.05, 4.69) is 80.1 Å². The van der Waals surface area contributed by atoms with Crippen molar-refractivity contribution in [3.8, 4) is 0 Å². The van der Waals surface area contributed by atoms with E-state index >= 15 is 0 Å². The molecule has 2 aromatic rings. The van der Waals surface area contributed by atoms with Gasteiger partial charge in [-0.25, -0.2) is 0 Å². The van der Waals surface area contributed by atoms with Crippen LogP contribution in [0.2, 0.25) is 0 Å². The Morgan fingerprint density at radius 1 is 0.517 bits per heavy atom. The van der Waals surface area contributed by atoms with E-state index in [0.717, 1.165) is 0 Å². The van der Waals surface area contributed by atoms with Crippen LogP contribution in [-0.2, 0) is 11.5 Å². The molecule has 0 aromatic heterocycles. The number of unbranched alkanes of at least 4 members (excludes halogenated alkanes) is 9. The van der Waals surface area contributed by atoms with Crippen LogP contribution in [0.1, 0.15) is 82.3 Å². The van der Waals surface area contributed by atoms with Crippen LogP contribution in [0.25, 0.3) is 0 Å². The Labute approximate surface area is 181 Å². The lowest BCUT2D eigenvalue weighted by Gasteiger charge is -2.56. The number of rotatable bonds is 15. The van der Waals surface area contributed by atoms with Gasteiger partial charge in [-0.1, -0.05) is 125 Å². The van der Waals surface area contributed by atoms with Crippen molar-refractivity contribution in [1.29, 1.82) is 0 Å². The third-order valence-corrected chi connectivity index (χ3v) is 11.1. The fraction of sp³-hybridized carbons (Fsp3) is 0.571. The molecule has 1 heteroatoms. The largest absolute Gasteiger partial charge is 0.281 e. The molecule has 2 aromatic carbocycles. The van der Waals surface area contributed by atoms with Crippen molar-refractivity contribution in [1.82, 2.24) is 0 Å². The number of hydrogen-bond donors (Lipinski definition) is 1. The van der Waals surface area contributed by atoms with E-state index in [4.69, 9.17) is 0 Å². The molecule has 0 aliphatic heterocycles. The summed E-state index contributed by atoms with van der Waals surface area (Å²) in [5.74, 6) is 3.98. The second kappa shape index (κ2) is 12.5. The van der Waals surface area contributed by atoms with E-state index in [9.17, 15) is 0 Å². The molecular formula is C28H46S. The van der Waals surface area contributed by atoms with Gasteiger partial charge in [-0.3, -0.25) is 9.16 Å². The van der Waals surface area contributed by atoms with Gasteiger partial charge < -0.3 is 0 Å². The standard InChI is InChI=1S/C28H46S/c1-4-5-6-7-8-9-10-11-12-19-24-29(2,3,25-27-20-15-13-16-21-27)26-28-22-17-14-18-23-28/h13-18,20-23,29H,4-12,19,24-26H2,1-3H3. The van der Waals surface area contributed by atoms with Gasteiger partial charge in [0.2, 0.25) is 0 Å². The van der Waals surface area contributed by atoms with E-state index in [1.807, 2.05) is 0 Å². The van der Waals surface area contributed by atoms with Gasteiger partial charge >= 0.3 is 0 Å². The molecule has 0 radical (unpaired) electrons. The summed E-state index contributed by atoms with van der Waals surface area (Å²) >= 11 is 0. The van der Waals surface area contributed by atoms with Gasteiger partial charge in [0.15, 0.2) is 0 Å². The highest BCUT2D eigenvalue weighted by Gasteiger charge is 2.31. The van der Waals surface area contributed by atoms with Crippen molar-refractivity contribution in [2.45, 2.75) is 82.6 Å². The second-order valence-corrected chi connectivity index (χ2v) is 17.3. The molecule has 2 rings (SSSR count). The second-order valence-electron chi connectivity index (χ2n) is 10.2. The van der Waals surface area contributed by atoms with Gasteiger partial charge in [-0.2, -0.15) is 0 Å². The van der Waals surface area contributed by atoms with E-state index in [0.29, 0.717) is 0 Å². The summed E-state index contributed by atoms with van der Waals surface area (Å²) in [4.78, 5) is 0. The molecular weight excluding hydrogens is 368 g/mol. The Bertz CT molecular complexity index is 614. The molecule has 0 spiro atoms. The van der Waals surface area contributed by atoms with Crippen LogP contribution in [0.5, 0.6) is 0 Å². The van der Waals surface area contributed by atoms with Crippen molar-refractivity contribution in [2.75, 3.05) is 18.3 Å². The van der Waals surface area contributed by atoms with Crippen LogP contribution in [0.3, 0.4) is 0 Å². The van der Waals surface area contributed by atoms with Crippen molar-refractivity contribution < 1.29 is 0 Å². The van der Waals surface area contributed by atoms with Crippen molar-refractivity contribution >= 4 is 9.16 Å². The van der Waals surface area contributed by atoms with E-state index < -0.39 is 9.16 Å². The zero-order chi connectivity index (χ0) is 20.9. The molecule has 0 bridgehead atoms. The lowest BCUT2D eigenvalue weighted by atomic mass is 10.1. The summed E-state index contributed by atoms with van der Waals surface area (Å²) in [6.45, 7) is 2.30. The number of hydrogen-bond acceptors (Lipinski definition) is 0. The van der Waals surface area contributed by atoms with Gasteiger partial charge in [-0.05, 0) is 47.3 Å². The van der Waals surface area contributed by atoms with Crippen LogP contribution < -0.4 is 0 Å². The average molecular weight is 415 g/mol. The summed E-state index contributed by atoms with van der Waals surface area (Å²) < 4.78 is 0. The summed E-state index contributed by atoms with van der Waals surface area (Å²) in [5, 5.41) is 0.